The molecule has 0 bridgehead atoms. The summed E-state index contributed by atoms with van der Waals surface area (Å²) in [5, 5.41) is 3.54. The van der Waals surface area contributed by atoms with Gasteiger partial charge in [-0.15, -0.1) is 0 Å². The van der Waals surface area contributed by atoms with Crippen molar-refractivity contribution in [1.29, 1.82) is 0 Å². The Labute approximate surface area is 121 Å². The molecule has 0 N–H and O–H groups in total. The molecular formula is C12H16N2O6S. The number of hydrogen-bond donors (Lipinski definition) is 0. The number of amides is 1. The number of hydrogen-bond acceptors (Lipinski definition) is 7. The van der Waals surface area contributed by atoms with E-state index < -0.39 is 28.3 Å². The molecule has 9 heteroatoms. The summed E-state index contributed by atoms with van der Waals surface area (Å²) in [6.07, 6.45) is 0.403. The molecule has 1 aromatic heterocycles. The summed E-state index contributed by atoms with van der Waals surface area (Å²) in [4.78, 5) is 24.8. The van der Waals surface area contributed by atoms with E-state index in [2.05, 4.69) is 5.16 Å². The van der Waals surface area contributed by atoms with Gasteiger partial charge in [-0.1, -0.05) is 5.16 Å². The minimum Gasteiger partial charge on any atom is -0.450 e. The molecule has 1 fully saturated rings. The van der Waals surface area contributed by atoms with Crippen LogP contribution in [0.4, 0.5) is 0 Å². The van der Waals surface area contributed by atoms with Crippen LogP contribution in [0, 0.1) is 6.92 Å². The highest BCUT2D eigenvalue weighted by atomic mass is 32.2. The summed E-state index contributed by atoms with van der Waals surface area (Å²) in [7, 11) is -1.57. The number of rotatable bonds is 4. The van der Waals surface area contributed by atoms with Gasteiger partial charge in [-0.05, 0) is 13.3 Å². The van der Waals surface area contributed by atoms with Gasteiger partial charge in [0.25, 0.3) is 5.91 Å². The number of sulfone groups is 1. The topological polar surface area (TPSA) is 107 Å². The molecule has 0 radical (unpaired) electrons. The van der Waals surface area contributed by atoms with Crippen LogP contribution in [0.1, 0.15) is 22.7 Å². The van der Waals surface area contributed by atoms with E-state index in [4.69, 9.17) is 9.26 Å². The quantitative estimate of drug-likeness (QED) is 0.707. The summed E-state index contributed by atoms with van der Waals surface area (Å²) in [5.74, 6) is -1.29. The van der Waals surface area contributed by atoms with Crippen LogP contribution in [0.15, 0.2) is 10.6 Å². The van der Waals surface area contributed by atoms with Gasteiger partial charge < -0.3 is 14.2 Å². The number of carbonyl (C=O) groups is 2. The lowest BCUT2D eigenvalue weighted by Gasteiger charge is -2.22. The monoisotopic (exact) mass is 316 g/mol. The Morgan fingerprint density at radius 2 is 2.24 bits per heavy atom. The van der Waals surface area contributed by atoms with E-state index in [-0.39, 0.29) is 23.3 Å². The molecule has 2 heterocycles. The zero-order valence-electron chi connectivity index (χ0n) is 11.7. The number of carbonyl (C=O) groups excluding carboxylic acids is 2. The summed E-state index contributed by atoms with van der Waals surface area (Å²) < 4.78 is 32.3. The second-order valence-corrected chi connectivity index (χ2v) is 7.20. The van der Waals surface area contributed by atoms with Crippen LogP contribution in [0.3, 0.4) is 0 Å². The third-order valence-corrected chi connectivity index (χ3v) is 5.06. The maximum atomic E-state index is 11.9. The standard InChI is InChI=1S/C12H16N2O6S/c1-8-5-10(20-13-8)12(16)19-6-11(15)14(2)9-3-4-21(17,18)7-9/h5,9H,3-4,6-7H2,1-2H3. The fourth-order valence-electron chi connectivity index (χ4n) is 2.04. The Bertz CT molecular complexity index is 650. The third-order valence-electron chi connectivity index (χ3n) is 3.31. The van der Waals surface area contributed by atoms with Crippen LogP contribution >= 0.6 is 0 Å². The number of likely N-dealkylation sites (N-methyl/N-ethyl adjacent to an activating group) is 1. The van der Waals surface area contributed by atoms with Crippen molar-refractivity contribution in [2.45, 2.75) is 19.4 Å². The molecule has 0 aromatic carbocycles. The molecule has 1 unspecified atom stereocenters. The maximum absolute atomic E-state index is 11.9. The van der Waals surface area contributed by atoms with Crippen molar-refractivity contribution in [3.05, 3.63) is 17.5 Å². The van der Waals surface area contributed by atoms with E-state index in [9.17, 15) is 18.0 Å². The second kappa shape index (κ2) is 5.84. The molecule has 1 saturated heterocycles. The lowest BCUT2D eigenvalue weighted by molar-refractivity contribution is -0.134. The molecule has 0 aliphatic carbocycles. The van der Waals surface area contributed by atoms with Gasteiger partial charge in [-0.25, -0.2) is 13.2 Å². The van der Waals surface area contributed by atoms with Crippen LogP contribution < -0.4 is 0 Å². The second-order valence-electron chi connectivity index (χ2n) is 4.97. The Balaban J connectivity index is 1.86. The lowest BCUT2D eigenvalue weighted by Crippen LogP contribution is -2.40. The Morgan fingerprint density at radius 1 is 1.52 bits per heavy atom. The molecule has 1 aliphatic rings. The number of nitrogens with zero attached hydrogens (tertiary/aromatic N) is 2. The predicted molar refractivity (Wildman–Crippen MR) is 71.4 cm³/mol. The molecule has 1 aliphatic heterocycles. The first-order valence-corrected chi connectivity index (χ1v) is 8.17. The first kappa shape index (κ1) is 15.5. The lowest BCUT2D eigenvalue weighted by atomic mass is 10.2. The number of aryl methyl sites for hydroxylation is 1. The van der Waals surface area contributed by atoms with Gasteiger partial charge in [0.15, 0.2) is 16.4 Å². The third kappa shape index (κ3) is 3.81. The van der Waals surface area contributed by atoms with Crippen molar-refractivity contribution in [2.75, 3.05) is 25.2 Å². The zero-order valence-corrected chi connectivity index (χ0v) is 12.6. The van der Waals surface area contributed by atoms with Crippen molar-refractivity contribution in [3.63, 3.8) is 0 Å². The van der Waals surface area contributed by atoms with Crippen LogP contribution in [0.25, 0.3) is 0 Å². The number of esters is 1. The molecule has 1 amide bonds. The summed E-state index contributed by atoms with van der Waals surface area (Å²) >= 11 is 0. The molecule has 8 nitrogen and oxygen atoms in total. The Morgan fingerprint density at radius 3 is 2.76 bits per heavy atom. The van der Waals surface area contributed by atoms with Gasteiger partial charge in [0, 0.05) is 19.2 Å². The van der Waals surface area contributed by atoms with Crippen LogP contribution in [-0.4, -0.2) is 61.6 Å². The Hall–Kier alpha value is -1.90. The van der Waals surface area contributed by atoms with Gasteiger partial charge in [-0.2, -0.15) is 0 Å². The summed E-state index contributed by atoms with van der Waals surface area (Å²) in [6, 6.07) is 1.04. The van der Waals surface area contributed by atoms with Crippen molar-refractivity contribution < 1.29 is 27.3 Å². The van der Waals surface area contributed by atoms with Crippen molar-refractivity contribution >= 4 is 21.7 Å². The molecule has 2 rings (SSSR count). The highest BCUT2D eigenvalue weighted by molar-refractivity contribution is 7.91. The molecular weight excluding hydrogens is 300 g/mol. The fourth-order valence-corrected chi connectivity index (χ4v) is 3.82. The molecule has 0 spiro atoms. The Kier molecular flexibility index (Phi) is 4.31. The zero-order chi connectivity index (χ0) is 15.6. The van der Waals surface area contributed by atoms with E-state index in [1.165, 1.54) is 18.0 Å². The molecule has 1 atom stereocenters. The van der Waals surface area contributed by atoms with Gasteiger partial charge in [0.05, 0.1) is 17.2 Å². The minimum atomic E-state index is -3.07. The molecule has 1 aromatic rings. The first-order chi connectivity index (χ1) is 9.78. The van der Waals surface area contributed by atoms with E-state index in [0.717, 1.165) is 0 Å². The van der Waals surface area contributed by atoms with Gasteiger partial charge in [0.1, 0.15) is 0 Å². The molecule has 0 saturated carbocycles. The highest BCUT2D eigenvalue weighted by Gasteiger charge is 2.33. The minimum absolute atomic E-state index is 0.0511. The average molecular weight is 316 g/mol. The largest absolute Gasteiger partial charge is 0.450 e. The van der Waals surface area contributed by atoms with Crippen molar-refractivity contribution in [1.82, 2.24) is 10.1 Å². The van der Waals surface area contributed by atoms with Crippen molar-refractivity contribution in [3.8, 4) is 0 Å². The van der Waals surface area contributed by atoms with E-state index in [0.29, 0.717) is 12.1 Å². The van der Waals surface area contributed by atoms with Gasteiger partial charge >= 0.3 is 5.97 Å². The summed E-state index contributed by atoms with van der Waals surface area (Å²) in [6.45, 7) is 1.19. The van der Waals surface area contributed by atoms with E-state index in [1.54, 1.807) is 6.92 Å². The molecule has 21 heavy (non-hydrogen) atoms. The van der Waals surface area contributed by atoms with Gasteiger partial charge in [0.2, 0.25) is 5.76 Å². The smallest absolute Gasteiger partial charge is 0.377 e. The highest BCUT2D eigenvalue weighted by Crippen LogP contribution is 2.16. The van der Waals surface area contributed by atoms with Gasteiger partial charge in [-0.3, -0.25) is 4.79 Å². The van der Waals surface area contributed by atoms with Crippen LogP contribution in [0.2, 0.25) is 0 Å². The van der Waals surface area contributed by atoms with Crippen LogP contribution in [-0.2, 0) is 19.4 Å². The van der Waals surface area contributed by atoms with E-state index >= 15 is 0 Å². The number of ether oxygens (including phenoxy) is 1. The predicted octanol–water partition coefficient (Wildman–Crippen LogP) is -0.215. The normalized spacial score (nSPS) is 20.2. The van der Waals surface area contributed by atoms with E-state index in [1.807, 2.05) is 0 Å². The average Bonchev–Trinajstić information content (AvgIpc) is 3.00. The summed E-state index contributed by atoms with van der Waals surface area (Å²) in [5.41, 5.74) is 0.529. The maximum Gasteiger partial charge on any atom is 0.377 e. The SMILES string of the molecule is Cc1cc(C(=O)OCC(=O)N(C)C2CCS(=O)(=O)C2)on1. The van der Waals surface area contributed by atoms with Crippen LogP contribution in [0.5, 0.6) is 0 Å². The number of aromatic nitrogens is 1. The molecule has 116 valence electrons. The fraction of sp³-hybridized carbons (Fsp3) is 0.583. The first-order valence-electron chi connectivity index (χ1n) is 6.35. The van der Waals surface area contributed by atoms with Crippen molar-refractivity contribution in [2.24, 2.45) is 0 Å².